The second-order valence-corrected chi connectivity index (χ2v) is 5.98. The molecule has 25 heavy (non-hydrogen) atoms. The van der Waals surface area contributed by atoms with E-state index in [1.54, 1.807) is 12.3 Å². The Balaban J connectivity index is 1.66. The van der Waals surface area contributed by atoms with E-state index in [9.17, 15) is 4.79 Å². The number of hydrogen-bond donors (Lipinski definition) is 0. The Hall–Kier alpha value is -2.80. The number of rotatable bonds is 3. The van der Waals surface area contributed by atoms with Gasteiger partial charge < -0.3 is 9.47 Å². The first-order valence-corrected chi connectivity index (χ1v) is 8.26. The number of hydrogen-bond acceptors (Lipinski definition) is 6. The first-order chi connectivity index (χ1) is 12.2. The minimum Gasteiger partial charge on any atom is -0.465 e. The summed E-state index contributed by atoms with van der Waals surface area (Å²) >= 11 is 0. The van der Waals surface area contributed by atoms with Gasteiger partial charge in [0.2, 0.25) is 0 Å². The van der Waals surface area contributed by atoms with Crippen molar-refractivity contribution < 1.29 is 14.3 Å². The van der Waals surface area contributed by atoms with E-state index in [1.165, 1.54) is 13.3 Å². The molecule has 1 aliphatic rings. The van der Waals surface area contributed by atoms with Gasteiger partial charge >= 0.3 is 5.97 Å². The smallest absolute Gasteiger partial charge is 0.339 e. The van der Waals surface area contributed by atoms with Crippen LogP contribution in [-0.2, 0) is 9.47 Å². The fourth-order valence-corrected chi connectivity index (χ4v) is 2.96. The molecule has 128 valence electrons. The molecule has 7 nitrogen and oxygen atoms in total. The summed E-state index contributed by atoms with van der Waals surface area (Å²) in [5.74, 6) is -0.427. The molecule has 0 spiro atoms. The fourth-order valence-electron chi connectivity index (χ4n) is 2.96. The third-order valence-corrected chi connectivity index (χ3v) is 4.31. The van der Waals surface area contributed by atoms with Crippen LogP contribution in [0, 0.1) is 0 Å². The number of esters is 1. The lowest BCUT2D eigenvalue weighted by molar-refractivity contribution is -0.0394. The molecule has 4 heterocycles. The zero-order chi connectivity index (χ0) is 17.2. The molecule has 7 heteroatoms. The summed E-state index contributed by atoms with van der Waals surface area (Å²) in [6, 6.07) is 5.47. The van der Waals surface area contributed by atoms with Crippen molar-refractivity contribution in [1.82, 2.24) is 19.7 Å². The Kier molecular flexibility index (Phi) is 4.15. The molecule has 1 fully saturated rings. The Bertz CT molecular complexity index is 916. The highest BCUT2D eigenvalue weighted by atomic mass is 16.5. The Morgan fingerprint density at radius 2 is 2.20 bits per heavy atom. The molecule has 0 bridgehead atoms. The molecule has 0 aliphatic carbocycles. The molecule has 1 saturated heterocycles. The summed E-state index contributed by atoms with van der Waals surface area (Å²) < 4.78 is 12.3. The molecule has 0 N–H and O–H groups in total. The molecule has 0 aromatic carbocycles. The van der Waals surface area contributed by atoms with Crippen LogP contribution in [0.15, 0.2) is 36.8 Å². The van der Waals surface area contributed by atoms with E-state index in [2.05, 4.69) is 15.1 Å². The van der Waals surface area contributed by atoms with Crippen LogP contribution >= 0.6 is 0 Å². The summed E-state index contributed by atoms with van der Waals surface area (Å²) in [5.41, 5.74) is 3.42. The molecule has 1 atom stereocenters. The van der Waals surface area contributed by atoms with Crippen molar-refractivity contribution >= 4 is 17.0 Å². The fraction of sp³-hybridized carbons (Fsp3) is 0.333. The van der Waals surface area contributed by atoms with Crippen LogP contribution in [0.5, 0.6) is 0 Å². The quantitative estimate of drug-likeness (QED) is 0.683. The normalized spacial score (nSPS) is 17.6. The SMILES string of the molecule is COC(=O)c1cnc2ccc(-c3cnn(C4CCCCO4)c3)nc2c1. The zero-order valence-corrected chi connectivity index (χ0v) is 13.9. The van der Waals surface area contributed by atoms with Gasteiger partial charge in [0.1, 0.15) is 6.23 Å². The minimum absolute atomic E-state index is 0.00412. The lowest BCUT2D eigenvalue weighted by atomic mass is 10.2. The highest BCUT2D eigenvalue weighted by molar-refractivity contribution is 5.92. The van der Waals surface area contributed by atoms with Crippen molar-refractivity contribution in [2.24, 2.45) is 0 Å². The topological polar surface area (TPSA) is 79.1 Å². The predicted octanol–water partition coefficient (Wildman–Crippen LogP) is 2.98. The summed E-state index contributed by atoms with van der Waals surface area (Å²) in [7, 11) is 1.35. The summed E-state index contributed by atoms with van der Waals surface area (Å²) in [6.07, 6.45) is 8.44. The zero-order valence-electron chi connectivity index (χ0n) is 13.9. The van der Waals surface area contributed by atoms with E-state index in [-0.39, 0.29) is 6.23 Å². The minimum atomic E-state index is -0.427. The van der Waals surface area contributed by atoms with Crippen molar-refractivity contribution in [3.05, 3.63) is 42.4 Å². The van der Waals surface area contributed by atoms with Gasteiger partial charge in [-0.1, -0.05) is 0 Å². The first-order valence-electron chi connectivity index (χ1n) is 8.26. The van der Waals surface area contributed by atoms with E-state index in [0.717, 1.165) is 42.6 Å². The molecular weight excluding hydrogens is 320 g/mol. The largest absolute Gasteiger partial charge is 0.465 e. The highest BCUT2D eigenvalue weighted by Gasteiger charge is 2.17. The number of pyridine rings is 2. The summed E-state index contributed by atoms with van der Waals surface area (Å²) in [4.78, 5) is 20.5. The maximum absolute atomic E-state index is 11.7. The molecule has 0 amide bonds. The van der Waals surface area contributed by atoms with Crippen molar-refractivity contribution in [3.63, 3.8) is 0 Å². The Labute approximate surface area is 144 Å². The molecule has 3 aromatic rings. The number of aromatic nitrogens is 4. The van der Waals surface area contributed by atoms with E-state index >= 15 is 0 Å². The number of ether oxygens (including phenoxy) is 2. The van der Waals surface area contributed by atoms with Crippen LogP contribution in [-0.4, -0.2) is 39.4 Å². The number of nitrogens with zero attached hydrogens (tertiary/aromatic N) is 4. The predicted molar refractivity (Wildman–Crippen MR) is 90.9 cm³/mol. The van der Waals surface area contributed by atoms with E-state index in [4.69, 9.17) is 9.47 Å². The molecule has 1 aliphatic heterocycles. The lowest BCUT2D eigenvalue weighted by Gasteiger charge is -2.22. The highest BCUT2D eigenvalue weighted by Crippen LogP contribution is 2.25. The second kappa shape index (κ2) is 6.60. The average molecular weight is 338 g/mol. The molecular formula is C18H18N4O3. The summed E-state index contributed by atoms with van der Waals surface area (Å²) in [5, 5.41) is 4.42. The number of fused-ring (bicyclic) bond motifs is 1. The van der Waals surface area contributed by atoms with Crippen LogP contribution in [0.1, 0.15) is 35.8 Å². The van der Waals surface area contributed by atoms with Gasteiger partial charge in [-0.2, -0.15) is 5.10 Å². The van der Waals surface area contributed by atoms with Crippen LogP contribution < -0.4 is 0 Å². The van der Waals surface area contributed by atoms with Crippen molar-refractivity contribution in [1.29, 1.82) is 0 Å². The third-order valence-electron chi connectivity index (χ3n) is 4.31. The van der Waals surface area contributed by atoms with Crippen LogP contribution in [0.4, 0.5) is 0 Å². The van der Waals surface area contributed by atoms with Crippen LogP contribution in [0.25, 0.3) is 22.3 Å². The van der Waals surface area contributed by atoms with E-state index in [0.29, 0.717) is 11.1 Å². The van der Waals surface area contributed by atoms with Gasteiger partial charge in [0.15, 0.2) is 0 Å². The summed E-state index contributed by atoms with van der Waals surface area (Å²) in [6.45, 7) is 0.774. The maximum Gasteiger partial charge on any atom is 0.339 e. The number of carbonyl (C=O) groups excluding carboxylic acids is 1. The number of carbonyl (C=O) groups is 1. The molecule has 0 radical (unpaired) electrons. The van der Waals surface area contributed by atoms with Gasteiger partial charge in [-0.25, -0.2) is 14.5 Å². The molecule has 4 rings (SSSR count). The van der Waals surface area contributed by atoms with Gasteiger partial charge in [0.05, 0.1) is 35.6 Å². The van der Waals surface area contributed by atoms with Gasteiger partial charge in [-0.3, -0.25) is 4.98 Å². The second-order valence-electron chi connectivity index (χ2n) is 5.98. The average Bonchev–Trinajstić information content (AvgIpc) is 3.17. The Morgan fingerprint density at radius 1 is 1.28 bits per heavy atom. The Morgan fingerprint density at radius 3 is 3.00 bits per heavy atom. The van der Waals surface area contributed by atoms with Gasteiger partial charge in [0.25, 0.3) is 0 Å². The van der Waals surface area contributed by atoms with Crippen LogP contribution in [0.3, 0.4) is 0 Å². The first kappa shape index (κ1) is 15.7. The van der Waals surface area contributed by atoms with Gasteiger partial charge in [-0.15, -0.1) is 0 Å². The van der Waals surface area contributed by atoms with Crippen LogP contribution in [0.2, 0.25) is 0 Å². The van der Waals surface area contributed by atoms with Crippen molar-refractivity contribution in [2.45, 2.75) is 25.5 Å². The molecule has 1 unspecified atom stereocenters. The van der Waals surface area contributed by atoms with E-state index in [1.807, 2.05) is 23.0 Å². The van der Waals surface area contributed by atoms with Crippen molar-refractivity contribution in [2.75, 3.05) is 13.7 Å². The molecule has 0 saturated carbocycles. The third kappa shape index (κ3) is 3.10. The lowest BCUT2D eigenvalue weighted by Crippen LogP contribution is -2.18. The number of methoxy groups -OCH3 is 1. The standard InChI is InChI=1S/C18H18N4O3/c1-24-18(23)12-8-16-15(19-9-12)6-5-14(21-16)13-10-20-22(11-13)17-4-2-3-7-25-17/h5-6,8-11,17H,2-4,7H2,1H3. The molecule has 3 aromatic heterocycles. The maximum atomic E-state index is 11.7. The van der Waals surface area contributed by atoms with Crippen molar-refractivity contribution in [3.8, 4) is 11.3 Å². The monoisotopic (exact) mass is 338 g/mol. The van der Waals surface area contributed by atoms with Gasteiger partial charge in [0, 0.05) is 24.6 Å². The van der Waals surface area contributed by atoms with E-state index < -0.39 is 5.97 Å². The van der Waals surface area contributed by atoms with Gasteiger partial charge in [-0.05, 0) is 37.5 Å².